The van der Waals surface area contributed by atoms with Crippen LogP contribution in [0.4, 0.5) is 13.2 Å². The van der Waals surface area contributed by atoms with Gasteiger partial charge in [0.05, 0.1) is 4.90 Å². The Morgan fingerprint density at radius 2 is 1.68 bits per heavy atom. The molecule has 0 fully saturated rings. The van der Waals surface area contributed by atoms with Crippen molar-refractivity contribution in [2.24, 2.45) is 5.14 Å². The molecule has 0 atom stereocenters. The Kier molecular flexibility index (Phi) is 9.89. The number of hydrogen-bond acceptors (Lipinski definition) is 3. The molecular formula is C19H26F3N3O2S. The fourth-order valence-electron chi connectivity index (χ4n) is 1.67. The fraction of sp³-hybridized carbons (Fsp3) is 0.316. The highest BCUT2D eigenvalue weighted by Crippen LogP contribution is 2.29. The van der Waals surface area contributed by atoms with Crippen LogP contribution in [0.25, 0.3) is 5.69 Å². The van der Waals surface area contributed by atoms with Gasteiger partial charge in [-0.05, 0) is 51.5 Å². The third kappa shape index (κ3) is 9.01. The Morgan fingerprint density at radius 3 is 1.96 bits per heavy atom. The Labute approximate surface area is 164 Å². The van der Waals surface area contributed by atoms with E-state index in [9.17, 15) is 21.6 Å². The maximum absolute atomic E-state index is 12.5. The Hall–Kier alpha value is -2.39. The van der Waals surface area contributed by atoms with E-state index in [1.165, 1.54) is 41.3 Å². The Bertz CT molecular complexity index is 880. The Morgan fingerprint density at radius 1 is 1.25 bits per heavy atom. The van der Waals surface area contributed by atoms with Crippen LogP contribution in [-0.2, 0) is 16.2 Å². The number of nitrogens with zero attached hydrogens (tertiary/aromatic N) is 2. The molecule has 28 heavy (non-hydrogen) atoms. The van der Waals surface area contributed by atoms with E-state index in [1.54, 1.807) is 0 Å². The van der Waals surface area contributed by atoms with Crippen LogP contribution in [0.3, 0.4) is 0 Å². The average Bonchev–Trinajstić information content (AvgIpc) is 2.96. The summed E-state index contributed by atoms with van der Waals surface area (Å²) in [6.07, 6.45) is -0.724. The standard InChI is InChI=1S/C11H10F3N3O2S.2C4H8/c1-7-16-10(11(12,13)14)6-17(7)8-2-4-9(5-3-8)20(15,18)19;1-4(2)3;1-3-4-2/h2-6H,1H3,(H2,15,18,19);1H2,2-3H3;3H,1,4H2,2H3. The van der Waals surface area contributed by atoms with Crippen LogP contribution in [0.2, 0.25) is 0 Å². The van der Waals surface area contributed by atoms with Gasteiger partial charge in [0.2, 0.25) is 10.0 Å². The van der Waals surface area contributed by atoms with E-state index in [0.29, 0.717) is 5.69 Å². The molecule has 0 saturated heterocycles. The first-order chi connectivity index (χ1) is 12.7. The topological polar surface area (TPSA) is 78.0 Å². The Balaban J connectivity index is 0.000000776. The van der Waals surface area contributed by atoms with Gasteiger partial charge >= 0.3 is 6.18 Å². The summed E-state index contributed by atoms with van der Waals surface area (Å²) in [5.74, 6) is 0.140. The number of hydrogen-bond donors (Lipinski definition) is 1. The first kappa shape index (κ1) is 25.6. The van der Waals surface area contributed by atoms with Gasteiger partial charge in [0.15, 0.2) is 5.69 Å². The number of halogens is 3. The molecule has 156 valence electrons. The summed E-state index contributed by atoms with van der Waals surface area (Å²) >= 11 is 0. The van der Waals surface area contributed by atoms with Crippen molar-refractivity contribution >= 4 is 10.0 Å². The van der Waals surface area contributed by atoms with Gasteiger partial charge in [-0.15, -0.1) is 13.2 Å². The predicted molar refractivity (Wildman–Crippen MR) is 106 cm³/mol. The van der Waals surface area contributed by atoms with E-state index in [1.807, 2.05) is 19.9 Å². The van der Waals surface area contributed by atoms with Crippen molar-refractivity contribution in [1.29, 1.82) is 0 Å². The van der Waals surface area contributed by atoms with Crippen molar-refractivity contribution in [3.63, 3.8) is 0 Å². The zero-order chi connectivity index (χ0) is 22.1. The van der Waals surface area contributed by atoms with Crippen molar-refractivity contribution < 1.29 is 21.6 Å². The second-order valence-electron chi connectivity index (χ2n) is 5.98. The molecule has 0 amide bonds. The minimum atomic E-state index is -4.53. The predicted octanol–water partition coefficient (Wildman–Crippen LogP) is 5.01. The normalized spacial score (nSPS) is 10.9. The average molecular weight is 417 g/mol. The number of nitrogens with two attached hydrogens (primary N) is 1. The highest BCUT2D eigenvalue weighted by atomic mass is 32.2. The number of benzene rings is 1. The van der Waals surface area contributed by atoms with E-state index in [2.05, 4.69) is 25.1 Å². The van der Waals surface area contributed by atoms with Crippen LogP contribution in [0.15, 0.2) is 60.2 Å². The molecule has 0 bridgehead atoms. The zero-order valence-corrected chi connectivity index (χ0v) is 17.2. The van der Waals surface area contributed by atoms with E-state index >= 15 is 0 Å². The zero-order valence-electron chi connectivity index (χ0n) is 16.4. The lowest BCUT2D eigenvalue weighted by Crippen LogP contribution is -2.12. The number of primary sulfonamides is 1. The molecule has 2 N–H and O–H groups in total. The van der Waals surface area contributed by atoms with Crippen LogP contribution < -0.4 is 5.14 Å². The molecule has 0 radical (unpaired) electrons. The van der Waals surface area contributed by atoms with Crippen molar-refractivity contribution in [3.8, 4) is 5.69 Å². The number of imidazole rings is 1. The first-order valence-corrected chi connectivity index (χ1v) is 9.78. The number of sulfonamides is 1. The highest BCUT2D eigenvalue weighted by molar-refractivity contribution is 7.89. The molecule has 0 saturated carbocycles. The molecular weight excluding hydrogens is 391 g/mol. The summed E-state index contributed by atoms with van der Waals surface area (Å²) < 4.78 is 61.0. The molecule has 1 aromatic carbocycles. The van der Waals surface area contributed by atoms with Crippen molar-refractivity contribution in [2.75, 3.05) is 0 Å². The molecule has 0 unspecified atom stereocenters. The second kappa shape index (κ2) is 10.8. The van der Waals surface area contributed by atoms with E-state index in [-0.39, 0.29) is 10.7 Å². The maximum atomic E-state index is 12.5. The minimum Gasteiger partial charge on any atom is -0.303 e. The third-order valence-corrected chi connectivity index (χ3v) is 3.83. The number of alkyl halides is 3. The number of rotatable bonds is 3. The van der Waals surface area contributed by atoms with Gasteiger partial charge in [0.25, 0.3) is 0 Å². The molecule has 1 aromatic heterocycles. The molecule has 9 heteroatoms. The lowest BCUT2D eigenvalue weighted by Gasteiger charge is -2.05. The lowest BCUT2D eigenvalue weighted by molar-refractivity contribution is -0.141. The summed E-state index contributed by atoms with van der Waals surface area (Å²) in [5.41, 5.74) is 0.517. The van der Waals surface area contributed by atoms with Gasteiger partial charge in [-0.3, -0.25) is 0 Å². The molecule has 0 aliphatic heterocycles. The quantitative estimate of drug-likeness (QED) is 0.713. The van der Waals surface area contributed by atoms with Gasteiger partial charge in [0.1, 0.15) is 5.82 Å². The number of aromatic nitrogens is 2. The molecule has 0 spiro atoms. The van der Waals surface area contributed by atoms with Crippen LogP contribution in [0.5, 0.6) is 0 Å². The smallest absolute Gasteiger partial charge is 0.303 e. The van der Waals surface area contributed by atoms with Crippen LogP contribution in [0.1, 0.15) is 38.7 Å². The SMILES string of the molecule is C=C(C)C.C=CCC.Cc1nc(C(F)(F)F)cn1-c1ccc(S(N)(=O)=O)cc1. The van der Waals surface area contributed by atoms with Crippen molar-refractivity contribution in [1.82, 2.24) is 9.55 Å². The third-order valence-electron chi connectivity index (χ3n) is 2.90. The van der Waals surface area contributed by atoms with E-state index in [0.717, 1.165) is 12.6 Å². The van der Waals surface area contributed by atoms with Crippen LogP contribution in [0, 0.1) is 6.92 Å². The van der Waals surface area contributed by atoms with Crippen LogP contribution in [-0.4, -0.2) is 18.0 Å². The summed E-state index contributed by atoms with van der Waals surface area (Å²) in [4.78, 5) is 3.31. The van der Waals surface area contributed by atoms with Gasteiger partial charge in [-0.25, -0.2) is 18.5 Å². The van der Waals surface area contributed by atoms with Gasteiger partial charge in [0, 0.05) is 11.9 Å². The summed E-state index contributed by atoms with van der Waals surface area (Å²) in [5, 5.41) is 4.94. The monoisotopic (exact) mass is 417 g/mol. The molecule has 5 nitrogen and oxygen atoms in total. The summed E-state index contributed by atoms with van der Waals surface area (Å²) in [6.45, 7) is 14.5. The molecule has 0 aliphatic rings. The molecule has 2 aromatic rings. The fourth-order valence-corrected chi connectivity index (χ4v) is 2.18. The van der Waals surface area contributed by atoms with Gasteiger partial charge in [-0.1, -0.05) is 18.6 Å². The van der Waals surface area contributed by atoms with Crippen molar-refractivity contribution in [2.45, 2.75) is 45.2 Å². The molecule has 0 aliphatic carbocycles. The lowest BCUT2D eigenvalue weighted by atomic mass is 10.3. The highest BCUT2D eigenvalue weighted by Gasteiger charge is 2.34. The largest absolute Gasteiger partial charge is 0.434 e. The van der Waals surface area contributed by atoms with Crippen molar-refractivity contribution in [3.05, 3.63) is 66.8 Å². The summed E-state index contributed by atoms with van der Waals surface area (Å²) in [6, 6.07) is 5.15. The molecule has 1 heterocycles. The first-order valence-electron chi connectivity index (χ1n) is 8.23. The van der Waals surface area contributed by atoms with Gasteiger partial charge < -0.3 is 4.57 Å². The summed E-state index contributed by atoms with van der Waals surface area (Å²) in [7, 11) is -3.83. The van der Waals surface area contributed by atoms with E-state index in [4.69, 9.17) is 5.14 Å². The number of allylic oxidation sites excluding steroid dienone is 2. The second-order valence-corrected chi connectivity index (χ2v) is 7.55. The van der Waals surface area contributed by atoms with Crippen LogP contribution >= 0.6 is 0 Å². The van der Waals surface area contributed by atoms with Gasteiger partial charge in [-0.2, -0.15) is 13.2 Å². The molecule has 2 rings (SSSR count). The number of aryl methyl sites for hydroxylation is 1. The minimum absolute atomic E-state index is 0.116. The van der Waals surface area contributed by atoms with E-state index < -0.39 is 21.9 Å². The maximum Gasteiger partial charge on any atom is 0.434 e.